The third-order valence-electron chi connectivity index (χ3n) is 3.43. The molecule has 3 rings (SSSR count). The first kappa shape index (κ1) is 17.6. The van der Waals surface area contributed by atoms with Gasteiger partial charge >= 0.3 is 0 Å². The maximum absolute atomic E-state index is 12.0. The van der Waals surface area contributed by atoms with Gasteiger partial charge in [0.2, 0.25) is 5.91 Å². The van der Waals surface area contributed by atoms with Crippen molar-refractivity contribution < 1.29 is 14.5 Å². The van der Waals surface area contributed by atoms with Gasteiger partial charge in [-0.25, -0.2) is 4.98 Å². The van der Waals surface area contributed by atoms with Crippen molar-refractivity contribution in [3.63, 3.8) is 0 Å². The highest BCUT2D eigenvalue weighted by molar-refractivity contribution is 7.22. The first-order valence-corrected chi connectivity index (χ1v) is 8.63. The molecule has 0 saturated heterocycles. The average Bonchev–Trinajstić information content (AvgIpc) is 3.02. The molecule has 1 heterocycles. The largest absolute Gasteiger partial charge is 0.494 e. The topological polar surface area (TPSA) is 94.4 Å². The zero-order valence-electron chi connectivity index (χ0n) is 13.8. The van der Waals surface area contributed by atoms with Gasteiger partial charge in [0.05, 0.1) is 21.7 Å². The normalized spacial score (nSPS) is 11.0. The number of nitrogens with zero attached hydrogens (tertiary/aromatic N) is 2. The maximum Gasteiger partial charge on any atom is 0.270 e. The van der Waals surface area contributed by atoms with Crippen LogP contribution in [0.25, 0.3) is 16.3 Å². The van der Waals surface area contributed by atoms with E-state index in [0.717, 1.165) is 11.3 Å². The number of fused-ring (bicyclic) bond motifs is 1. The Bertz CT molecular complexity index is 980. The summed E-state index contributed by atoms with van der Waals surface area (Å²) in [4.78, 5) is 26.6. The summed E-state index contributed by atoms with van der Waals surface area (Å²) in [5.41, 5.74) is 1.46. The molecule has 1 amide bonds. The summed E-state index contributed by atoms with van der Waals surface area (Å²) in [6, 6.07) is 11.8. The van der Waals surface area contributed by atoms with E-state index >= 15 is 0 Å². The third-order valence-corrected chi connectivity index (χ3v) is 4.36. The lowest BCUT2D eigenvalue weighted by Gasteiger charge is -2.02. The minimum Gasteiger partial charge on any atom is -0.494 e. The van der Waals surface area contributed by atoms with Gasteiger partial charge in [0.25, 0.3) is 5.69 Å². The number of non-ortho nitro benzene ring substituents is 1. The number of ether oxygens (including phenoxy) is 1. The number of nitro benzene ring substituents is 1. The number of carbonyl (C=O) groups is 1. The second kappa shape index (κ2) is 7.75. The van der Waals surface area contributed by atoms with Crippen LogP contribution in [0.1, 0.15) is 12.5 Å². The molecule has 26 heavy (non-hydrogen) atoms. The molecule has 0 unspecified atom stereocenters. The van der Waals surface area contributed by atoms with Gasteiger partial charge in [0.15, 0.2) is 5.13 Å². The number of amides is 1. The Kier molecular flexibility index (Phi) is 5.23. The van der Waals surface area contributed by atoms with Gasteiger partial charge in [-0.1, -0.05) is 23.5 Å². The van der Waals surface area contributed by atoms with E-state index in [1.807, 2.05) is 31.2 Å². The number of thiazole rings is 1. The number of rotatable bonds is 6. The number of nitro groups is 1. The van der Waals surface area contributed by atoms with Gasteiger partial charge in [0.1, 0.15) is 5.75 Å². The van der Waals surface area contributed by atoms with Crippen LogP contribution in [0.15, 0.2) is 48.5 Å². The highest BCUT2D eigenvalue weighted by Crippen LogP contribution is 2.29. The van der Waals surface area contributed by atoms with Crippen LogP contribution in [0.2, 0.25) is 0 Å². The summed E-state index contributed by atoms with van der Waals surface area (Å²) in [5, 5.41) is 13.9. The molecule has 3 aromatic rings. The second-order valence-corrected chi connectivity index (χ2v) is 6.28. The summed E-state index contributed by atoms with van der Waals surface area (Å²) < 4.78 is 6.01. The van der Waals surface area contributed by atoms with Gasteiger partial charge in [0, 0.05) is 18.2 Å². The van der Waals surface area contributed by atoms with E-state index in [1.54, 1.807) is 12.1 Å². The molecule has 2 aromatic carbocycles. The molecule has 0 aliphatic rings. The van der Waals surface area contributed by atoms with Gasteiger partial charge in [-0.15, -0.1) is 0 Å². The Hall–Kier alpha value is -3.26. The summed E-state index contributed by atoms with van der Waals surface area (Å²) in [6.07, 6.45) is 3.09. The quantitative estimate of drug-likeness (QED) is 0.398. The van der Waals surface area contributed by atoms with Crippen LogP contribution in [0.3, 0.4) is 0 Å². The molecule has 0 spiro atoms. The third kappa shape index (κ3) is 4.22. The molecular formula is C18H15N3O4S. The van der Waals surface area contributed by atoms with Gasteiger partial charge in [-0.2, -0.15) is 0 Å². The van der Waals surface area contributed by atoms with Crippen LogP contribution in [0, 0.1) is 10.1 Å². The summed E-state index contributed by atoms with van der Waals surface area (Å²) in [7, 11) is 0. The van der Waals surface area contributed by atoms with E-state index in [4.69, 9.17) is 4.74 Å². The molecule has 0 aliphatic carbocycles. The van der Waals surface area contributed by atoms with Crippen molar-refractivity contribution in [3.05, 3.63) is 64.2 Å². The fourth-order valence-corrected chi connectivity index (χ4v) is 3.14. The van der Waals surface area contributed by atoms with E-state index < -0.39 is 4.92 Å². The Morgan fingerprint density at radius 2 is 2.08 bits per heavy atom. The Morgan fingerprint density at radius 1 is 1.31 bits per heavy atom. The molecule has 8 heteroatoms. The van der Waals surface area contributed by atoms with E-state index in [2.05, 4.69) is 10.3 Å². The lowest BCUT2D eigenvalue weighted by Crippen LogP contribution is -2.07. The minimum atomic E-state index is -0.461. The van der Waals surface area contributed by atoms with Crippen molar-refractivity contribution in [1.29, 1.82) is 0 Å². The minimum absolute atomic E-state index is 0.00516. The van der Waals surface area contributed by atoms with E-state index in [-0.39, 0.29) is 11.6 Å². The number of aromatic nitrogens is 1. The summed E-state index contributed by atoms with van der Waals surface area (Å²) in [6.45, 7) is 2.52. The molecular weight excluding hydrogens is 354 g/mol. The first-order chi connectivity index (χ1) is 12.5. The summed E-state index contributed by atoms with van der Waals surface area (Å²) in [5.74, 6) is 0.449. The van der Waals surface area contributed by atoms with Crippen LogP contribution in [-0.2, 0) is 4.79 Å². The van der Waals surface area contributed by atoms with Crippen LogP contribution in [0.5, 0.6) is 5.75 Å². The smallest absolute Gasteiger partial charge is 0.270 e. The average molecular weight is 369 g/mol. The fraction of sp³-hybridized carbons (Fsp3) is 0.111. The Labute approximate surface area is 153 Å². The molecule has 7 nitrogen and oxygen atoms in total. The monoisotopic (exact) mass is 369 g/mol. The number of benzene rings is 2. The fourth-order valence-electron chi connectivity index (χ4n) is 2.24. The van der Waals surface area contributed by atoms with E-state index in [9.17, 15) is 14.9 Å². The zero-order valence-corrected chi connectivity index (χ0v) is 14.7. The van der Waals surface area contributed by atoms with E-state index in [0.29, 0.717) is 22.0 Å². The predicted molar refractivity (Wildman–Crippen MR) is 102 cm³/mol. The number of carbonyl (C=O) groups excluding carboxylic acids is 1. The molecule has 1 N–H and O–H groups in total. The Morgan fingerprint density at radius 3 is 2.77 bits per heavy atom. The van der Waals surface area contributed by atoms with Crippen molar-refractivity contribution in [2.24, 2.45) is 0 Å². The van der Waals surface area contributed by atoms with Gasteiger partial charge in [-0.3, -0.25) is 20.2 Å². The van der Waals surface area contributed by atoms with Crippen LogP contribution in [0.4, 0.5) is 10.8 Å². The molecule has 0 fully saturated rings. The molecule has 0 aliphatic heterocycles. The van der Waals surface area contributed by atoms with Gasteiger partial charge in [-0.05, 0) is 36.8 Å². The Balaban J connectivity index is 1.67. The lowest BCUT2D eigenvalue weighted by atomic mass is 10.2. The van der Waals surface area contributed by atoms with Crippen molar-refractivity contribution >= 4 is 44.4 Å². The van der Waals surface area contributed by atoms with Crippen molar-refractivity contribution in [2.45, 2.75) is 6.92 Å². The SMILES string of the molecule is CCOc1ccc(/C=C/C(=O)Nc2nc3ccc([N+](=O)[O-])cc3s2)cc1. The first-order valence-electron chi connectivity index (χ1n) is 7.82. The predicted octanol–water partition coefficient (Wildman–Crippen LogP) is 4.26. The molecule has 0 atom stereocenters. The molecule has 0 radical (unpaired) electrons. The lowest BCUT2D eigenvalue weighted by molar-refractivity contribution is -0.384. The van der Waals surface area contributed by atoms with Gasteiger partial charge < -0.3 is 4.74 Å². The standard InChI is InChI=1S/C18H15N3O4S/c1-2-25-14-7-3-12(4-8-14)5-10-17(22)20-18-19-15-9-6-13(21(23)24)11-16(15)26-18/h3-11H,2H2,1H3,(H,19,20,22)/b10-5+. The number of anilines is 1. The number of nitrogens with one attached hydrogen (secondary N) is 1. The number of hydrogen-bond acceptors (Lipinski definition) is 6. The van der Waals surface area contributed by atoms with Crippen molar-refractivity contribution in [2.75, 3.05) is 11.9 Å². The molecule has 0 bridgehead atoms. The second-order valence-electron chi connectivity index (χ2n) is 5.25. The highest BCUT2D eigenvalue weighted by Gasteiger charge is 2.11. The summed E-state index contributed by atoms with van der Waals surface area (Å²) >= 11 is 1.19. The molecule has 1 aromatic heterocycles. The molecule has 132 valence electrons. The van der Waals surface area contributed by atoms with Crippen LogP contribution in [-0.4, -0.2) is 22.4 Å². The number of hydrogen-bond donors (Lipinski definition) is 1. The van der Waals surface area contributed by atoms with Crippen LogP contribution >= 0.6 is 11.3 Å². The van der Waals surface area contributed by atoms with Crippen molar-refractivity contribution in [1.82, 2.24) is 4.98 Å². The molecule has 0 saturated carbocycles. The van der Waals surface area contributed by atoms with E-state index in [1.165, 1.54) is 29.5 Å². The van der Waals surface area contributed by atoms with Crippen LogP contribution < -0.4 is 10.1 Å². The zero-order chi connectivity index (χ0) is 18.5. The maximum atomic E-state index is 12.0. The van der Waals surface area contributed by atoms with Crippen molar-refractivity contribution in [3.8, 4) is 5.75 Å². The highest BCUT2D eigenvalue weighted by atomic mass is 32.1.